The van der Waals surface area contributed by atoms with Crippen LogP contribution in [0, 0.1) is 23.0 Å². The number of anilines is 2. The van der Waals surface area contributed by atoms with Crippen LogP contribution in [0.3, 0.4) is 0 Å². The molecule has 8 nitrogen and oxygen atoms in total. The van der Waals surface area contributed by atoms with Crippen LogP contribution in [0.15, 0.2) is 42.5 Å². The Bertz CT molecular complexity index is 912. The van der Waals surface area contributed by atoms with E-state index in [9.17, 15) is 19.7 Å². The van der Waals surface area contributed by atoms with Gasteiger partial charge in [-0.25, -0.2) is 0 Å². The maximum atomic E-state index is 12.6. The third-order valence-corrected chi connectivity index (χ3v) is 4.56. The highest BCUT2D eigenvalue weighted by atomic mass is 16.6. The number of ether oxygens (including phenoxy) is 1. The van der Waals surface area contributed by atoms with Crippen molar-refractivity contribution in [1.82, 2.24) is 0 Å². The van der Waals surface area contributed by atoms with Gasteiger partial charge in [0.15, 0.2) is 0 Å². The molecule has 1 atom stereocenters. The first-order valence-electron chi connectivity index (χ1n) is 8.40. The minimum Gasteiger partial charge on any atom is -0.494 e. The van der Waals surface area contributed by atoms with Crippen LogP contribution in [0.25, 0.3) is 0 Å². The average molecular weight is 369 g/mol. The number of non-ortho nitro benzene ring substituents is 1. The van der Waals surface area contributed by atoms with Crippen molar-refractivity contribution in [2.45, 2.75) is 13.3 Å². The molecule has 0 saturated carbocycles. The highest BCUT2D eigenvalue weighted by molar-refractivity contribution is 6.04. The zero-order valence-corrected chi connectivity index (χ0v) is 15.0. The van der Waals surface area contributed by atoms with Gasteiger partial charge < -0.3 is 15.0 Å². The summed E-state index contributed by atoms with van der Waals surface area (Å²) in [5.74, 6) is -0.761. The van der Waals surface area contributed by atoms with Gasteiger partial charge in [0.2, 0.25) is 11.8 Å². The van der Waals surface area contributed by atoms with E-state index in [1.54, 1.807) is 6.07 Å². The van der Waals surface area contributed by atoms with E-state index in [-0.39, 0.29) is 36.2 Å². The summed E-state index contributed by atoms with van der Waals surface area (Å²) in [7, 11) is 1.38. The molecule has 0 unspecified atom stereocenters. The number of carbonyl (C=O) groups is 2. The first-order chi connectivity index (χ1) is 12.9. The Hall–Kier alpha value is -3.42. The summed E-state index contributed by atoms with van der Waals surface area (Å²) in [4.78, 5) is 36.9. The zero-order valence-electron chi connectivity index (χ0n) is 15.0. The van der Waals surface area contributed by atoms with Crippen LogP contribution in [-0.2, 0) is 9.59 Å². The van der Waals surface area contributed by atoms with Crippen molar-refractivity contribution in [2.24, 2.45) is 5.92 Å². The lowest BCUT2D eigenvalue weighted by atomic mass is 10.1. The van der Waals surface area contributed by atoms with Gasteiger partial charge in [-0.2, -0.15) is 0 Å². The van der Waals surface area contributed by atoms with Crippen LogP contribution in [0.4, 0.5) is 17.1 Å². The van der Waals surface area contributed by atoms with Crippen molar-refractivity contribution < 1.29 is 19.2 Å². The van der Waals surface area contributed by atoms with E-state index in [2.05, 4.69) is 5.32 Å². The molecule has 0 radical (unpaired) electrons. The molecule has 2 aromatic carbocycles. The summed E-state index contributed by atoms with van der Waals surface area (Å²) in [6.45, 7) is 2.08. The average Bonchev–Trinajstić information content (AvgIpc) is 3.04. The van der Waals surface area contributed by atoms with Crippen LogP contribution >= 0.6 is 0 Å². The minimum atomic E-state index is -0.531. The number of aryl methyl sites for hydroxylation is 1. The predicted molar refractivity (Wildman–Crippen MR) is 99.9 cm³/mol. The molecule has 140 valence electrons. The van der Waals surface area contributed by atoms with Crippen molar-refractivity contribution in [3.05, 3.63) is 58.1 Å². The normalized spacial score (nSPS) is 16.3. The number of nitrogens with one attached hydrogen (secondary N) is 1. The molecular formula is C19H19N3O5. The Kier molecular flexibility index (Phi) is 5.07. The van der Waals surface area contributed by atoms with Gasteiger partial charge in [0.1, 0.15) is 5.75 Å². The van der Waals surface area contributed by atoms with Crippen LogP contribution in [0.5, 0.6) is 5.75 Å². The van der Waals surface area contributed by atoms with Crippen LogP contribution in [0.2, 0.25) is 0 Å². The lowest BCUT2D eigenvalue weighted by Gasteiger charge is -2.19. The Labute approximate surface area is 155 Å². The molecule has 2 amide bonds. The second-order valence-electron chi connectivity index (χ2n) is 6.32. The molecule has 2 aromatic rings. The number of nitro groups is 1. The third-order valence-electron chi connectivity index (χ3n) is 4.56. The first-order valence-corrected chi connectivity index (χ1v) is 8.40. The van der Waals surface area contributed by atoms with E-state index >= 15 is 0 Å². The standard InChI is InChI=1S/C19H19N3O5/c1-12-5-3-4-6-15(12)20-19(24)13-9-18(23)21(11-13)16-8-7-14(22(25)26)10-17(16)27-2/h3-8,10,13H,9,11H2,1-2H3,(H,20,24)/t13-/m1/s1. The zero-order chi connectivity index (χ0) is 19.6. The topological polar surface area (TPSA) is 102 Å². The Morgan fingerprint density at radius 1 is 1.30 bits per heavy atom. The molecule has 27 heavy (non-hydrogen) atoms. The number of amides is 2. The summed E-state index contributed by atoms with van der Waals surface area (Å²) >= 11 is 0. The fraction of sp³-hybridized carbons (Fsp3) is 0.263. The monoisotopic (exact) mass is 369 g/mol. The molecular weight excluding hydrogens is 350 g/mol. The lowest BCUT2D eigenvalue weighted by Crippen LogP contribution is -2.28. The molecule has 1 saturated heterocycles. The smallest absolute Gasteiger partial charge is 0.273 e. The van der Waals surface area contributed by atoms with Crippen molar-refractivity contribution >= 4 is 28.9 Å². The lowest BCUT2D eigenvalue weighted by molar-refractivity contribution is -0.384. The maximum Gasteiger partial charge on any atom is 0.273 e. The predicted octanol–water partition coefficient (Wildman–Crippen LogP) is 2.90. The van der Waals surface area contributed by atoms with Crippen molar-refractivity contribution in [3.8, 4) is 5.75 Å². The number of hydrogen-bond acceptors (Lipinski definition) is 5. The van der Waals surface area contributed by atoms with E-state index in [1.807, 2.05) is 25.1 Å². The Balaban J connectivity index is 1.78. The molecule has 1 N–H and O–H groups in total. The molecule has 8 heteroatoms. The van der Waals surface area contributed by atoms with Crippen molar-refractivity contribution in [2.75, 3.05) is 23.9 Å². The molecule has 0 aromatic heterocycles. The Morgan fingerprint density at radius 2 is 2.04 bits per heavy atom. The van der Waals surface area contributed by atoms with Crippen LogP contribution in [0.1, 0.15) is 12.0 Å². The quantitative estimate of drug-likeness (QED) is 0.645. The molecule has 1 aliphatic rings. The van der Waals surface area contributed by atoms with Gasteiger partial charge in [0, 0.05) is 24.7 Å². The summed E-state index contributed by atoms with van der Waals surface area (Å²) in [5.41, 5.74) is 1.93. The second kappa shape index (κ2) is 7.45. The molecule has 1 heterocycles. The van der Waals surface area contributed by atoms with E-state index in [1.165, 1.54) is 30.2 Å². The largest absolute Gasteiger partial charge is 0.494 e. The highest BCUT2D eigenvalue weighted by Crippen LogP contribution is 2.36. The van der Waals surface area contributed by atoms with Gasteiger partial charge in [0.25, 0.3) is 5.69 Å². The van der Waals surface area contributed by atoms with Gasteiger partial charge in [-0.15, -0.1) is 0 Å². The number of benzene rings is 2. The van der Waals surface area contributed by atoms with Crippen molar-refractivity contribution in [1.29, 1.82) is 0 Å². The van der Waals surface area contributed by atoms with Crippen LogP contribution in [-0.4, -0.2) is 30.4 Å². The second-order valence-corrected chi connectivity index (χ2v) is 6.32. The molecule has 0 bridgehead atoms. The fourth-order valence-electron chi connectivity index (χ4n) is 3.07. The number of rotatable bonds is 5. The molecule has 0 spiro atoms. The molecule has 0 aliphatic carbocycles. The van der Waals surface area contributed by atoms with E-state index in [4.69, 9.17) is 4.74 Å². The van der Waals surface area contributed by atoms with Gasteiger partial charge in [-0.3, -0.25) is 19.7 Å². The number of nitrogens with zero attached hydrogens (tertiary/aromatic N) is 2. The van der Waals surface area contributed by atoms with E-state index in [0.717, 1.165) is 5.56 Å². The summed E-state index contributed by atoms with van der Waals surface area (Å²) in [5, 5.41) is 13.8. The van der Waals surface area contributed by atoms with Gasteiger partial charge in [-0.05, 0) is 24.6 Å². The first kappa shape index (κ1) is 18.4. The summed E-state index contributed by atoms with van der Waals surface area (Å²) in [6.07, 6.45) is 0.0673. The maximum absolute atomic E-state index is 12.6. The van der Waals surface area contributed by atoms with Gasteiger partial charge >= 0.3 is 0 Å². The van der Waals surface area contributed by atoms with E-state index < -0.39 is 10.8 Å². The van der Waals surface area contributed by atoms with Gasteiger partial charge in [0.05, 0.1) is 29.7 Å². The third kappa shape index (κ3) is 3.74. The Morgan fingerprint density at radius 3 is 2.70 bits per heavy atom. The SMILES string of the molecule is COc1cc([N+](=O)[O-])ccc1N1C[C@H](C(=O)Nc2ccccc2C)CC1=O. The van der Waals surface area contributed by atoms with Crippen LogP contribution < -0.4 is 15.0 Å². The summed E-state index contributed by atoms with van der Waals surface area (Å²) < 4.78 is 5.21. The number of hydrogen-bond donors (Lipinski definition) is 1. The number of carbonyl (C=O) groups excluding carboxylic acids is 2. The molecule has 1 aliphatic heterocycles. The molecule has 1 fully saturated rings. The highest BCUT2D eigenvalue weighted by Gasteiger charge is 2.36. The van der Waals surface area contributed by atoms with Crippen molar-refractivity contribution in [3.63, 3.8) is 0 Å². The van der Waals surface area contributed by atoms with Gasteiger partial charge in [-0.1, -0.05) is 18.2 Å². The fourth-order valence-corrected chi connectivity index (χ4v) is 3.07. The summed E-state index contributed by atoms with van der Waals surface area (Å²) in [6, 6.07) is 11.5. The minimum absolute atomic E-state index is 0.0673. The number of para-hydroxylation sites is 1. The van der Waals surface area contributed by atoms with E-state index in [0.29, 0.717) is 11.4 Å². The number of methoxy groups -OCH3 is 1. The molecule has 3 rings (SSSR count). The number of nitro benzene ring substituents is 1.